The first-order valence-corrected chi connectivity index (χ1v) is 12.8. The van der Waals surface area contributed by atoms with E-state index in [1.165, 1.54) is 0 Å². The third kappa shape index (κ3) is 3.58. The average molecular weight is 437 g/mol. The molecule has 4 fully saturated rings. The number of carboxylic acids is 1. The van der Waals surface area contributed by atoms with E-state index in [0.29, 0.717) is 24.2 Å². The maximum Gasteiger partial charge on any atom is 0.303 e. The van der Waals surface area contributed by atoms with Gasteiger partial charge in [0.05, 0.1) is 18.3 Å². The summed E-state index contributed by atoms with van der Waals surface area (Å²) >= 11 is 0. The molecule has 4 rings (SSSR count). The van der Waals surface area contributed by atoms with Crippen LogP contribution in [0.2, 0.25) is 0 Å². The third-order valence-electron chi connectivity index (χ3n) is 10.9. The molecule has 0 amide bonds. The fourth-order valence-corrected chi connectivity index (χ4v) is 9.60. The highest BCUT2D eigenvalue weighted by Gasteiger charge is 2.67. The van der Waals surface area contributed by atoms with Crippen LogP contribution in [0.1, 0.15) is 85.5 Å². The highest BCUT2D eigenvalue weighted by molar-refractivity contribution is 5.66. The van der Waals surface area contributed by atoms with Crippen molar-refractivity contribution in [1.29, 1.82) is 0 Å². The molecule has 0 aromatic carbocycles. The molecule has 0 bridgehead atoms. The minimum absolute atomic E-state index is 0.0302. The number of carbonyl (C=O) groups is 1. The number of aliphatic hydroxyl groups is 3. The molecule has 0 aliphatic heterocycles. The Morgan fingerprint density at radius 2 is 1.77 bits per heavy atom. The van der Waals surface area contributed by atoms with Gasteiger partial charge in [-0.15, -0.1) is 0 Å². The van der Waals surface area contributed by atoms with Gasteiger partial charge in [-0.3, -0.25) is 4.79 Å². The Kier molecular flexibility index (Phi) is 6.28. The number of aliphatic hydroxyl groups excluding tert-OH is 3. The Hall–Kier alpha value is -0.650. The summed E-state index contributed by atoms with van der Waals surface area (Å²) in [4.78, 5) is 11.1. The van der Waals surface area contributed by atoms with E-state index < -0.39 is 18.2 Å². The molecular formula is C26H44O5. The summed E-state index contributed by atoms with van der Waals surface area (Å²) in [6.45, 7) is 9.01. The van der Waals surface area contributed by atoms with E-state index in [-0.39, 0.29) is 47.0 Å². The van der Waals surface area contributed by atoms with Crippen LogP contribution >= 0.6 is 0 Å². The van der Waals surface area contributed by atoms with Crippen molar-refractivity contribution in [3.05, 3.63) is 0 Å². The average Bonchev–Trinajstić information content (AvgIpc) is 3.04. The molecule has 0 aromatic heterocycles. The highest BCUT2D eigenvalue weighted by Crippen LogP contribution is 2.69. The van der Waals surface area contributed by atoms with Crippen LogP contribution in [0.3, 0.4) is 0 Å². The summed E-state index contributed by atoms with van der Waals surface area (Å²) in [5.74, 6) is 1.00. The number of aliphatic carboxylic acids is 1. The standard InChI is InChI=1S/C26H44O5/c1-5-16-19-12-15(27)10-11-25(19,3)23-20(28)13-26(4)17(14(2)6-9-21(29)30)7-8-18(26)22(23)24(16)31/h14-20,22-24,27-28,31H,5-13H2,1-4H3,(H,29,30)/t14-,15-,16-,17?,18?,19+,20?,22?,23?,24-,25+,26-/m1/s1. The quantitative estimate of drug-likeness (QED) is 0.520. The Balaban J connectivity index is 1.66. The number of carboxylic acid groups (broad SMARTS) is 1. The van der Waals surface area contributed by atoms with Gasteiger partial charge >= 0.3 is 5.97 Å². The lowest BCUT2D eigenvalue weighted by Crippen LogP contribution is -2.65. The molecule has 0 spiro atoms. The van der Waals surface area contributed by atoms with Crippen LogP contribution in [0.25, 0.3) is 0 Å². The molecule has 31 heavy (non-hydrogen) atoms. The fourth-order valence-electron chi connectivity index (χ4n) is 9.60. The van der Waals surface area contributed by atoms with E-state index in [4.69, 9.17) is 5.11 Å². The Bertz CT molecular complexity index is 681. The third-order valence-corrected chi connectivity index (χ3v) is 10.9. The van der Waals surface area contributed by atoms with Gasteiger partial charge in [0.25, 0.3) is 0 Å². The number of hydrogen-bond donors (Lipinski definition) is 4. The van der Waals surface area contributed by atoms with Gasteiger partial charge in [-0.25, -0.2) is 0 Å². The zero-order valence-electron chi connectivity index (χ0n) is 19.8. The summed E-state index contributed by atoms with van der Waals surface area (Å²) in [5.41, 5.74) is -0.0767. The van der Waals surface area contributed by atoms with Gasteiger partial charge in [0.2, 0.25) is 0 Å². The van der Waals surface area contributed by atoms with Crippen molar-refractivity contribution in [3.63, 3.8) is 0 Å². The molecule has 0 heterocycles. The molecule has 4 aliphatic rings. The topological polar surface area (TPSA) is 98.0 Å². The van der Waals surface area contributed by atoms with E-state index in [9.17, 15) is 20.1 Å². The van der Waals surface area contributed by atoms with Crippen molar-refractivity contribution < 1.29 is 25.2 Å². The predicted octanol–water partition coefficient (Wildman–Crippen LogP) is 4.08. The Labute approximate surface area is 187 Å². The zero-order chi connectivity index (χ0) is 22.7. The molecule has 5 unspecified atom stereocenters. The van der Waals surface area contributed by atoms with Crippen LogP contribution in [-0.4, -0.2) is 44.7 Å². The summed E-state index contributed by atoms with van der Waals surface area (Å²) in [5, 5.41) is 42.9. The number of rotatable bonds is 5. The number of hydrogen-bond acceptors (Lipinski definition) is 4. The first-order chi connectivity index (χ1) is 14.5. The highest BCUT2D eigenvalue weighted by atomic mass is 16.4. The first-order valence-electron chi connectivity index (χ1n) is 12.8. The SMILES string of the molecule is CC[C@H]1[C@@H](O)C2C3CCC([C@H](C)CCC(=O)O)[C@@]3(C)CC(O)C2[C@@]2(C)CC[C@@H](O)C[C@@H]12. The van der Waals surface area contributed by atoms with Gasteiger partial charge in [0, 0.05) is 6.42 Å². The van der Waals surface area contributed by atoms with E-state index in [1.807, 2.05) is 0 Å². The van der Waals surface area contributed by atoms with Crippen molar-refractivity contribution in [1.82, 2.24) is 0 Å². The first kappa shape index (κ1) is 23.5. The largest absolute Gasteiger partial charge is 0.481 e. The van der Waals surface area contributed by atoms with Gasteiger partial charge < -0.3 is 20.4 Å². The van der Waals surface area contributed by atoms with Crippen LogP contribution in [0.5, 0.6) is 0 Å². The molecule has 5 heteroatoms. The molecule has 0 radical (unpaired) electrons. The molecule has 4 N–H and O–H groups in total. The molecule has 0 aromatic rings. The van der Waals surface area contributed by atoms with Crippen LogP contribution in [0.15, 0.2) is 0 Å². The van der Waals surface area contributed by atoms with Crippen molar-refractivity contribution in [2.45, 2.75) is 104 Å². The summed E-state index contributed by atoms with van der Waals surface area (Å²) in [6, 6.07) is 0. The van der Waals surface area contributed by atoms with Crippen molar-refractivity contribution >= 4 is 5.97 Å². The van der Waals surface area contributed by atoms with Crippen molar-refractivity contribution in [2.24, 2.45) is 52.3 Å². The second-order valence-electron chi connectivity index (χ2n) is 12.2. The molecule has 0 saturated heterocycles. The summed E-state index contributed by atoms with van der Waals surface area (Å²) < 4.78 is 0. The monoisotopic (exact) mass is 436 g/mol. The van der Waals surface area contributed by atoms with Crippen LogP contribution in [0, 0.1) is 52.3 Å². The predicted molar refractivity (Wildman–Crippen MR) is 119 cm³/mol. The number of fused-ring (bicyclic) bond motifs is 5. The molecular weight excluding hydrogens is 392 g/mol. The van der Waals surface area contributed by atoms with Gasteiger partial charge in [-0.05, 0) is 97.2 Å². The lowest BCUT2D eigenvalue weighted by Gasteiger charge is -2.66. The maximum absolute atomic E-state index is 11.7. The minimum atomic E-state index is -0.734. The van der Waals surface area contributed by atoms with Crippen LogP contribution in [-0.2, 0) is 4.79 Å². The molecule has 5 nitrogen and oxygen atoms in total. The van der Waals surface area contributed by atoms with Gasteiger partial charge in [0.1, 0.15) is 0 Å². The lowest BCUT2D eigenvalue weighted by molar-refractivity contribution is -0.235. The normalized spacial score (nSPS) is 52.7. The van der Waals surface area contributed by atoms with Gasteiger partial charge in [-0.1, -0.05) is 34.1 Å². The van der Waals surface area contributed by atoms with E-state index in [2.05, 4.69) is 27.7 Å². The zero-order valence-corrected chi connectivity index (χ0v) is 19.8. The maximum atomic E-state index is 11.7. The van der Waals surface area contributed by atoms with Crippen LogP contribution < -0.4 is 0 Å². The fraction of sp³-hybridized carbons (Fsp3) is 0.962. The summed E-state index contributed by atoms with van der Waals surface area (Å²) in [6.07, 6.45) is 6.04. The van der Waals surface area contributed by atoms with Crippen molar-refractivity contribution in [2.75, 3.05) is 0 Å². The smallest absolute Gasteiger partial charge is 0.303 e. The Morgan fingerprint density at radius 3 is 2.42 bits per heavy atom. The lowest BCUT2D eigenvalue weighted by atomic mass is 9.40. The van der Waals surface area contributed by atoms with E-state index in [0.717, 1.165) is 44.9 Å². The van der Waals surface area contributed by atoms with Gasteiger partial charge in [-0.2, -0.15) is 0 Å². The van der Waals surface area contributed by atoms with Crippen LogP contribution in [0.4, 0.5) is 0 Å². The Morgan fingerprint density at radius 1 is 1.06 bits per heavy atom. The molecule has 4 aliphatic carbocycles. The summed E-state index contributed by atoms with van der Waals surface area (Å²) in [7, 11) is 0. The minimum Gasteiger partial charge on any atom is -0.481 e. The van der Waals surface area contributed by atoms with E-state index in [1.54, 1.807) is 0 Å². The van der Waals surface area contributed by atoms with E-state index >= 15 is 0 Å². The second kappa shape index (κ2) is 8.29. The second-order valence-corrected chi connectivity index (χ2v) is 12.2. The molecule has 12 atom stereocenters. The molecule has 4 saturated carbocycles. The molecule has 178 valence electrons. The van der Waals surface area contributed by atoms with Crippen molar-refractivity contribution in [3.8, 4) is 0 Å². The van der Waals surface area contributed by atoms with Gasteiger partial charge in [0.15, 0.2) is 0 Å².